The second-order valence-corrected chi connectivity index (χ2v) is 5.32. The average molecular weight is 326 g/mol. The molecule has 2 aromatic heterocycles. The van der Waals surface area contributed by atoms with E-state index in [1.165, 1.54) is 5.56 Å². The van der Waals surface area contributed by atoms with Crippen LogP contribution in [-0.2, 0) is 6.42 Å². The summed E-state index contributed by atoms with van der Waals surface area (Å²) in [5.74, 6) is 0.215. The van der Waals surface area contributed by atoms with Crippen molar-refractivity contribution in [1.29, 1.82) is 0 Å². The molecule has 3 aromatic rings. The fourth-order valence-electron chi connectivity index (χ4n) is 1.92. The Morgan fingerprint density at radius 1 is 1.17 bits per heavy atom. The van der Waals surface area contributed by atoms with Crippen molar-refractivity contribution in [2.24, 2.45) is 0 Å². The number of nitrogens with zero attached hydrogens (tertiary/aromatic N) is 3. The largest absolute Gasteiger partial charge is 0.477 e. The number of carbonyl (C=O) groups excluding carboxylic acids is 1. The number of hydrogen-bond acceptors (Lipinski definition) is 6. The summed E-state index contributed by atoms with van der Waals surface area (Å²) in [4.78, 5) is 16.0. The second kappa shape index (κ2) is 7.46. The Morgan fingerprint density at radius 3 is 2.74 bits per heavy atom. The number of ether oxygens (including phenoxy) is 1. The van der Waals surface area contributed by atoms with Crippen LogP contribution in [0.4, 0.5) is 5.69 Å². The van der Waals surface area contributed by atoms with Gasteiger partial charge in [0.05, 0.1) is 18.5 Å². The molecule has 0 aliphatic heterocycles. The van der Waals surface area contributed by atoms with Gasteiger partial charge in [-0.2, -0.15) is 0 Å². The third kappa shape index (κ3) is 4.33. The zero-order chi connectivity index (χ0) is 15.9. The first-order valence-corrected chi connectivity index (χ1v) is 7.86. The molecule has 1 N–H and O–H groups in total. The van der Waals surface area contributed by atoms with Gasteiger partial charge in [0.25, 0.3) is 5.91 Å². The average Bonchev–Trinajstić information content (AvgIpc) is 3.12. The summed E-state index contributed by atoms with van der Waals surface area (Å²) >= 11 is 1.13. The van der Waals surface area contributed by atoms with E-state index in [0.29, 0.717) is 18.2 Å². The Hall–Kier alpha value is -2.80. The number of anilines is 1. The lowest BCUT2D eigenvalue weighted by Gasteiger charge is -2.07. The van der Waals surface area contributed by atoms with Crippen LogP contribution in [0.5, 0.6) is 5.88 Å². The molecular formula is C16H14N4O2S. The number of benzene rings is 1. The second-order valence-electron chi connectivity index (χ2n) is 4.71. The molecule has 0 bridgehead atoms. The van der Waals surface area contributed by atoms with E-state index in [0.717, 1.165) is 18.0 Å². The van der Waals surface area contributed by atoms with E-state index in [1.54, 1.807) is 23.7 Å². The van der Waals surface area contributed by atoms with Gasteiger partial charge in [0.2, 0.25) is 5.88 Å². The maximum Gasteiger partial charge on any atom is 0.277 e. The van der Waals surface area contributed by atoms with Crippen molar-refractivity contribution in [3.05, 3.63) is 65.3 Å². The van der Waals surface area contributed by atoms with Crippen LogP contribution in [0.15, 0.2) is 54.0 Å². The van der Waals surface area contributed by atoms with Gasteiger partial charge in [-0.05, 0) is 23.2 Å². The minimum Gasteiger partial charge on any atom is -0.477 e. The molecule has 1 amide bonds. The number of amides is 1. The predicted octanol–water partition coefficient (Wildman–Crippen LogP) is 2.81. The fraction of sp³-hybridized carbons (Fsp3) is 0.125. The first-order chi connectivity index (χ1) is 11.3. The summed E-state index contributed by atoms with van der Waals surface area (Å²) in [6.07, 6.45) is 2.37. The number of hydrogen-bond donors (Lipinski definition) is 1. The third-order valence-corrected chi connectivity index (χ3v) is 3.57. The summed E-state index contributed by atoms with van der Waals surface area (Å²) in [5.41, 5.74) is 2.09. The molecule has 0 unspecified atom stereocenters. The number of carbonyl (C=O) groups is 1. The van der Waals surface area contributed by atoms with Gasteiger partial charge in [0, 0.05) is 17.9 Å². The topological polar surface area (TPSA) is 77.0 Å². The Labute approximate surface area is 137 Å². The molecule has 0 aliphatic carbocycles. The molecule has 0 saturated heterocycles. The minimum atomic E-state index is -0.307. The molecule has 23 heavy (non-hydrogen) atoms. The highest BCUT2D eigenvalue weighted by Crippen LogP contribution is 2.13. The molecule has 116 valence electrons. The Morgan fingerprint density at radius 2 is 2.04 bits per heavy atom. The Balaban J connectivity index is 1.50. The van der Waals surface area contributed by atoms with Crippen LogP contribution in [0.2, 0.25) is 0 Å². The van der Waals surface area contributed by atoms with Gasteiger partial charge in [0.15, 0.2) is 5.69 Å². The predicted molar refractivity (Wildman–Crippen MR) is 87.7 cm³/mol. The number of nitrogens with one attached hydrogen (secondary N) is 1. The van der Waals surface area contributed by atoms with Crippen LogP contribution >= 0.6 is 11.5 Å². The molecular weight excluding hydrogens is 312 g/mol. The molecule has 0 aliphatic rings. The van der Waals surface area contributed by atoms with E-state index in [-0.39, 0.29) is 11.6 Å². The van der Waals surface area contributed by atoms with E-state index in [9.17, 15) is 4.79 Å². The van der Waals surface area contributed by atoms with Crippen LogP contribution < -0.4 is 10.1 Å². The summed E-state index contributed by atoms with van der Waals surface area (Å²) in [6, 6.07) is 13.6. The van der Waals surface area contributed by atoms with E-state index >= 15 is 0 Å². The van der Waals surface area contributed by atoms with Crippen molar-refractivity contribution in [3.8, 4) is 5.88 Å². The van der Waals surface area contributed by atoms with Crippen molar-refractivity contribution in [3.63, 3.8) is 0 Å². The van der Waals surface area contributed by atoms with Gasteiger partial charge in [-0.25, -0.2) is 4.98 Å². The van der Waals surface area contributed by atoms with E-state index < -0.39 is 0 Å². The first-order valence-electron chi connectivity index (χ1n) is 7.02. The van der Waals surface area contributed by atoms with E-state index in [2.05, 4.69) is 32.0 Å². The third-order valence-electron chi connectivity index (χ3n) is 3.07. The summed E-state index contributed by atoms with van der Waals surface area (Å²) in [7, 11) is 0. The Kier molecular flexibility index (Phi) is 4.90. The first kappa shape index (κ1) is 15.1. The highest BCUT2D eigenvalue weighted by molar-refractivity contribution is 7.03. The maximum absolute atomic E-state index is 11.8. The molecule has 0 radical (unpaired) electrons. The number of aromatic nitrogens is 3. The number of rotatable bonds is 6. The lowest BCUT2D eigenvalue weighted by molar-refractivity contribution is 0.102. The van der Waals surface area contributed by atoms with E-state index in [4.69, 9.17) is 4.74 Å². The normalized spacial score (nSPS) is 10.3. The van der Waals surface area contributed by atoms with Crippen molar-refractivity contribution in [2.75, 3.05) is 11.9 Å². The summed E-state index contributed by atoms with van der Waals surface area (Å²) in [6.45, 7) is 0.549. The van der Waals surface area contributed by atoms with Gasteiger partial charge in [-0.3, -0.25) is 4.79 Å². The highest BCUT2D eigenvalue weighted by Gasteiger charge is 2.09. The lowest BCUT2D eigenvalue weighted by Crippen LogP contribution is -2.12. The molecule has 1 aromatic carbocycles. The van der Waals surface area contributed by atoms with E-state index in [1.807, 2.05) is 18.2 Å². The van der Waals surface area contributed by atoms with Gasteiger partial charge in [0.1, 0.15) is 0 Å². The van der Waals surface area contributed by atoms with Crippen LogP contribution in [0.25, 0.3) is 0 Å². The molecule has 0 spiro atoms. The summed E-state index contributed by atoms with van der Waals surface area (Å²) < 4.78 is 9.25. The number of pyridine rings is 1. The van der Waals surface area contributed by atoms with Crippen molar-refractivity contribution in [2.45, 2.75) is 6.42 Å². The van der Waals surface area contributed by atoms with Gasteiger partial charge >= 0.3 is 0 Å². The molecule has 3 rings (SSSR count). The van der Waals surface area contributed by atoms with Gasteiger partial charge in [-0.15, -0.1) is 5.10 Å². The van der Waals surface area contributed by atoms with Crippen molar-refractivity contribution >= 4 is 23.1 Å². The van der Waals surface area contributed by atoms with Crippen LogP contribution in [0.1, 0.15) is 16.1 Å². The maximum atomic E-state index is 11.8. The van der Waals surface area contributed by atoms with Crippen molar-refractivity contribution in [1.82, 2.24) is 14.6 Å². The monoisotopic (exact) mass is 326 g/mol. The highest BCUT2D eigenvalue weighted by atomic mass is 32.1. The lowest BCUT2D eigenvalue weighted by atomic mass is 10.2. The zero-order valence-corrected chi connectivity index (χ0v) is 13.0. The molecule has 0 atom stereocenters. The smallest absolute Gasteiger partial charge is 0.277 e. The molecule has 7 heteroatoms. The van der Waals surface area contributed by atoms with Crippen LogP contribution in [-0.4, -0.2) is 27.1 Å². The van der Waals surface area contributed by atoms with Gasteiger partial charge in [-0.1, -0.05) is 34.8 Å². The summed E-state index contributed by atoms with van der Waals surface area (Å²) in [5, 5.41) is 8.00. The molecule has 2 heterocycles. The SMILES string of the molecule is O=C(Nc1ccc(OCCc2ccccc2)nc1)c1csnn1. The minimum absolute atomic E-state index is 0.290. The van der Waals surface area contributed by atoms with Crippen LogP contribution in [0, 0.1) is 0 Å². The van der Waals surface area contributed by atoms with Crippen molar-refractivity contribution < 1.29 is 9.53 Å². The fourth-order valence-corrected chi connectivity index (χ4v) is 2.35. The molecule has 6 nitrogen and oxygen atoms in total. The van der Waals surface area contributed by atoms with Gasteiger partial charge < -0.3 is 10.1 Å². The standard InChI is InChI=1S/C16H14N4O2S/c21-16(14-11-23-20-19-14)18-13-6-7-15(17-10-13)22-9-8-12-4-2-1-3-5-12/h1-7,10-11H,8-9H2,(H,18,21). The zero-order valence-electron chi connectivity index (χ0n) is 12.2. The Bertz CT molecular complexity index is 746. The quantitative estimate of drug-likeness (QED) is 0.754. The molecule has 0 saturated carbocycles. The van der Waals surface area contributed by atoms with Crippen LogP contribution in [0.3, 0.4) is 0 Å². The molecule has 0 fully saturated rings.